The fourth-order valence-corrected chi connectivity index (χ4v) is 3.09. The first-order chi connectivity index (χ1) is 9.45. The van der Waals surface area contributed by atoms with Crippen LogP contribution in [-0.4, -0.2) is 30.0 Å². The minimum atomic E-state index is -0.125. The van der Waals surface area contributed by atoms with E-state index in [2.05, 4.69) is 0 Å². The van der Waals surface area contributed by atoms with E-state index in [0.717, 1.165) is 5.56 Å². The summed E-state index contributed by atoms with van der Waals surface area (Å²) >= 11 is 6.19. The van der Waals surface area contributed by atoms with Gasteiger partial charge < -0.3 is 15.4 Å². The Labute approximate surface area is 124 Å². The van der Waals surface area contributed by atoms with Crippen LogP contribution in [0.2, 0.25) is 5.02 Å². The second kappa shape index (κ2) is 6.02. The molecule has 1 amide bonds. The molecule has 0 saturated carbocycles. The van der Waals surface area contributed by atoms with Gasteiger partial charge in [-0.2, -0.15) is 0 Å². The Morgan fingerprint density at radius 3 is 2.70 bits per heavy atom. The van der Waals surface area contributed by atoms with Gasteiger partial charge >= 0.3 is 0 Å². The number of amides is 1. The van der Waals surface area contributed by atoms with Crippen molar-refractivity contribution in [3.8, 4) is 5.75 Å². The topological polar surface area (TPSA) is 55.6 Å². The molecule has 2 unspecified atom stereocenters. The van der Waals surface area contributed by atoms with Crippen molar-refractivity contribution < 1.29 is 9.53 Å². The van der Waals surface area contributed by atoms with Gasteiger partial charge in [0.25, 0.3) is 0 Å². The van der Waals surface area contributed by atoms with Crippen LogP contribution in [0.3, 0.4) is 0 Å². The molecule has 0 aromatic heterocycles. The fourth-order valence-electron chi connectivity index (χ4n) is 2.82. The quantitative estimate of drug-likeness (QED) is 0.933. The van der Waals surface area contributed by atoms with Crippen LogP contribution in [0, 0.1) is 0 Å². The third-order valence-corrected chi connectivity index (χ3v) is 4.05. The summed E-state index contributed by atoms with van der Waals surface area (Å²) in [5.74, 6) is 0.779. The molecule has 1 heterocycles. The van der Waals surface area contributed by atoms with E-state index in [1.807, 2.05) is 36.9 Å². The number of ether oxygens (including phenoxy) is 1. The lowest BCUT2D eigenvalue weighted by Crippen LogP contribution is -2.51. The Hall–Kier alpha value is -1.26. The van der Waals surface area contributed by atoms with Crippen LogP contribution in [0.1, 0.15) is 38.3 Å². The van der Waals surface area contributed by atoms with Crippen molar-refractivity contribution in [2.45, 2.75) is 44.8 Å². The highest BCUT2D eigenvalue weighted by atomic mass is 35.5. The molecule has 1 aromatic rings. The summed E-state index contributed by atoms with van der Waals surface area (Å²) < 4.78 is 5.17. The molecule has 1 saturated heterocycles. The smallest absolute Gasteiger partial charge is 0.223 e. The second-order valence-corrected chi connectivity index (χ2v) is 5.84. The Bertz CT molecular complexity index is 505. The summed E-state index contributed by atoms with van der Waals surface area (Å²) in [4.78, 5) is 14.1. The van der Waals surface area contributed by atoms with E-state index in [0.29, 0.717) is 23.6 Å². The first-order valence-electron chi connectivity index (χ1n) is 6.86. The first kappa shape index (κ1) is 15.1. The Kier molecular flexibility index (Phi) is 4.55. The minimum absolute atomic E-state index is 0.0699. The van der Waals surface area contributed by atoms with Crippen LogP contribution in [0.25, 0.3) is 0 Å². The number of carbonyl (C=O) groups is 1. The number of rotatable bonds is 3. The molecule has 1 fully saturated rings. The van der Waals surface area contributed by atoms with Gasteiger partial charge in [-0.15, -0.1) is 0 Å². The standard InChI is InChI=1S/C15H21ClN2O2/c1-9(2)18-14(19)7-5-12(17)15(18)10-4-6-13(20-3)11(16)8-10/h4,6,8-9,12,15H,5,7,17H2,1-3H3. The van der Waals surface area contributed by atoms with Crippen LogP contribution in [0.15, 0.2) is 18.2 Å². The number of halogens is 1. The average Bonchev–Trinajstić information content (AvgIpc) is 2.40. The van der Waals surface area contributed by atoms with E-state index < -0.39 is 0 Å². The zero-order chi connectivity index (χ0) is 14.9. The molecule has 2 rings (SSSR count). The Balaban J connectivity index is 2.40. The van der Waals surface area contributed by atoms with Crippen molar-refractivity contribution >= 4 is 17.5 Å². The lowest BCUT2D eigenvalue weighted by molar-refractivity contribution is -0.139. The third-order valence-electron chi connectivity index (χ3n) is 3.76. The van der Waals surface area contributed by atoms with Gasteiger partial charge in [-0.05, 0) is 38.0 Å². The number of benzene rings is 1. The molecule has 2 N–H and O–H groups in total. The molecule has 20 heavy (non-hydrogen) atoms. The van der Waals surface area contributed by atoms with Crippen molar-refractivity contribution in [1.29, 1.82) is 0 Å². The van der Waals surface area contributed by atoms with Crippen molar-refractivity contribution in [3.63, 3.8) is 0 Å². The van der Waals surface area contributed by atoms with Gasteiger partial charge in [-0.1, -0.05) is 17.7 Å². The van der Waals surface area contributed by atoms with Crippen LogP contribution >= 0.6 is 11.6 Å². The first-order valence-corrected chi connectivity index (χ1v) is 7.23. The SMILES string of the molecule is COc1ccc(C2C(N)CCC(=O)N2C(C)C)cc1Cl. The number of likely N-dealkylation sites (tertiary alicyclic amines) is 1. The molecule has 0 radical (unpaired) electrons. The van der Waals surface area contributed by atoms with Crippen LogP contribution < -0.4 is 10.5 Å². The predicted octanol–water partition coefficient (Wildman–Crippen LogP) is 2.75. The third kappa shape index (κ3) is 2.76. The van der Waals surface area contributed by atoms with Crippen LogP contribution in [0.5, 0.6) is 5.75 Å². The van der Waals surface area contributed by atoms with Crippen molar-refractivity contribution in [2.24, 2.45) is 5.73 Å². The zero-order valence-electron chi connectivity index (χ0n) is 12.1. The maximum atomic E-state index is 12.2. The number of nitrogens with two attached hydrogens (primary N) is 1. The van der Waals surface area contributed by atoms with E-state index in [4.69, 9.17) is 22.1 Å². The minimum Gasteiger partial charge on any atom is -0.495 e. The normalized spacial score (nSPS) is 23.3. The number of nitrogens with zero attached hydrogens (tertiary/aromatic N) is 1. The van der Waals surface area contributed by atoms with Gasteiger partial charge in [0.05, 0.1) is 18.2 Å². The molecular formula is C15H21ClN2O2. The highest BCUT2D eigenvalue weighted by Gasteiger charge is 2.36. The fraction of sp³-hybridized carbons (Fsp3) is 0.533. The highest BCUT2D eigenvalue weighted by molar-refractivity contribution is 6.32. The summed E-state index contributed by atoms with van der Waals surface area (Å²) in [5.41, 5.74) is 7.22. The van der Waals surface area contributed by atoms with Gasteiger partial charge in [-0.3, -0.25) is 4.79 Å². The van der Waals surface area contributed by atoms with Crippen LogP contribution in [-0.2, 0) is 4.79 Å². The predicted molar refractivity (Wildman–Crippen MR) is 79.9 cm³/mol. The number of hydrogen-bond donors (Lipinski definition) is 1. The Morgan fingerprint density at radius 2 is 2.15 bits per heavy atom. The molecular weight excluding hydrogens is 276 g/mol. The molecule has 4 nitrogen and oxygen atoms in total. The molecule has 1 aliphatic rings. The largest absolute Gasteiger partial charge is 0.495 e. The van der Waals surface area contributed by atoms with Crippen molar-refractivity contribution in [3.05, 3.63) is 28.8 Å². The molecule has 0 spiro atoms. The van der Waals surface area contributed by atoms with Gasteiger partial charge in [-0.25, -0.2) is 0 Å². The zero-order valence-corrected chi connectivity index (χ0v) is 12.9. The molecule has 110 valence electrons. The number of piperidine rings is 1. The summed E-state index contributed by atoms with van der Waals surface area (Å²) in [5, 5.41) is 0.541. The summed E-state index contributed by atoms with van der Waals surface area (Å²) in [6, 6.07) is 5.52. The molecule has 2 atom stereocenters. The molecule has 0 bridgehead atoms. The van der Waals surface area contributed by atoms with Gasteiger partial charge in [0.2, 0.25) is 5.91 Å². The monoisotopic (exact) mass is 296 g/mol. The second-order valence-electron chi connectivity index (χ2n) is 5.44. The van der Waals surface area contributed by atoms with E-state index in [-0.39, 0.29) is 24.0 Å². The number of methoxy groups -OCH3 is 1. The van der Waals surface area contributed by atoms with E-state index in [1.54, 1.807) is 7.11 Å². The van der Waals surface area contributed by atoms with Gasteiger partial charge in [0, 0.05) is 18.5 Å². The van der Waals surface area contributed by atoms with Gasteiger partial charge in [0.1, 0.15) is 5.75 Å². The molecule has 5 heteroatoms. The van der Waals surface area contributed by atoms with Crippen LogP contribution in [0.4, 0.5) is 0 Å². The lowest BCUT2D eigenvalue weighted by atomic mass is 9.89. The summed E-state index contributed by atoms with van der Waals surface area (Å²) in [6.07, 6.45) is 1.22. The average molecular weight is 297 g/mol. The highest BCUT2D eigenvalue weighted by Crippen LogP contribution is 2.35. The summed E-state index contributed by atoms with van der Waals surface area (Å²) in [7, 11) is 1.58. The Morgan fingerprint density at radius 1 is 1.45 bits per heavy atom. The lowest BCUT2D eigenvalue weighted by Gasteiger charge is -2.42. The number of hydrogen-bond acceptors (Lipinski definition) is 3. The van der Waals surface area contributed by atoms with E-state index in [9.17, 15) is 4.79 Å². The van der Waals surface area contributed by atoms with Crippen molar-refractivity contribution in [1.82, 2.24) is 4.90 Å². The van der Waals surface area contributed by atoms with Gasteiger partial charge in [0.15, 0.2) is 0 Å². The maximum Gasteiger partial charge on any atom is 0.223 e. The van der Waals surface area contributed by atoms with E-state index >= 15 is 0 Å². The number of carbonyl (C=O) groups excluding carboxylic acids is 1. The van der Waals surface area contributed by atoms with Crippen molar-refractivity contribution in [2.75, 3.05) is 7.11 Å². The van der Waals surface area contributed by atoms with E-state index in [1.165, 1.54) is 0 Å². The molecule has 0 aliphatic carbocycles. The summed E-state index contributed by atoms with van der Waals surface area (Å²) in [6.45, 7) is 4.02. The maximum absolute atomic E-state index is 12.2. The molecule has 1 aromatic carbocycles. The molecule has 1 aliphatic heterocycles.